The second-order valence-corrected chi connectivity index (χ2v) is 9.15. The number of amides is 3. The second-order valence-electron chi connectivity index (χ2n) is 7.47. The van der Waals surface area contributed by atoms with E-state index in [9.17, 15) is 18.0 Å². The van der Waals surface area contributed by atoms with E-state index < -0.39 is 22.0 Å². The van der Waals surface area contributed by atoms with Crippen molar-refractivity contribution in [3.8, 4) is 0 Å². The Morgan fingerprint density at radius 2 is 1.30 bits per heavy atom. The summed E-state index contributed by atoms with van der Waals surface area (Å²) in [6.45, 7) is 1.84. The third-order valence-corrected chi connectivity index (χ3v) is 6.32. The topological polar surface area (TPSA) is 104 Å². The largest absolute Gasteiger partial charge is 0.323 e. The van der Waals surface area contributed by atoms with Crippen molar-refractivity contribution in [1.82, 2.24) is 4.72 Å². The fraction of sp³-hybridized carbons (Fsp3) is 0.0400. The molecule has 0 bridgehead atoms. The number of aryl methyl sites for hydroxylation is 1. The number of hydrogen-bond donors (Lipinski definition) is 3. The molecule has 4 aromatic rings. The van der Waals surface area contributed by atoms with Crippen molar-refractivity contribution >= 4 is 44.1 Å². The summed E-state index contributed by atoms with van der Waals surface area (Å²) >= 11 is 0. The molecule has 7 nitrogen and oxygen atoms in total. The monoisotopic (exact) mass is 459 g/mol. The summed E-state index contributed by atoms with van der Waals surface area (Å²) in [6, 6.07) is 25.1. The van der Waals surface area contributed by atoms with Crippen LogP contribution in [0.2, 0.25) is 0 Å². The van der Waals surface area contributed by atoms with E-state index in [0.29, 0.717) is 11.4 Å². The van der Waals surface area contributed by atoms with Gasteiger partial charge in [-0.1, -0.05) is 48.0 Å². The zero-order valence-corrected chi connectivity index (χ0v) is 18.5. The second kappa shape index (κ2) is 9.13. The van der Waals surface area contributed by atoms with Crippen molar-refractivity contribution in [2.75, 3.05) is 10.6 Å². The van der Waals surface area contributed by atoms with E-state index in [1.54, 1.807) is 12.1 Å². The van der Waals surface area contributed by atoms with Gasteiger partial charge in [0.1, 0.15) is 0 Å². The summed E-state index contributed by atoms with van der Waals surface area (Å²) < 4.78 is 26.8. The summed E-state index contributed by atoms with van der Waals surface area (Å²) in [5, 5.41) is 7.53. The number of hydrogen-bond acceptors (Lipinski definition) is 4. The molecule has 0 unspecified atom stereocenters. The van der Waals surface area contributed by atoms with Crippen LogP contribution in [0.4, 0.5) is 16.2 Å². The third-order valence-electron chi connectivity index (χ3n) is 4.97. The molecular weight excluding hydrogens is 438 g/mol. The van der Waals surface area contributed by atoms with Gasteiger partial charge in [0.05, 0.1) is 4.90 Å². The van der Waals surface area contributed by atoms with Gasteiger partial charge < -0.3 is 10.6 Å². The smallest absolute Gasteiger partial charge is 0.308 e. The number of urea groups is 1. The quantitative estimate of drug-likeness (QED) is 0.394. The Balaban J connectivity index is 1.38. The molecule has 0 aliphatic carbocycles. The fourth-order valence-corrected chi connectivity index (χ4v) is 4.20. The van der Waals surface area contributed by atoms with Crippen LogP contribution in [0.5, 0.6) is 0 Å². The minimum absolute atomic E-state index is 0.00472. The van der Waals surface area contributed by atoms with Crippen LogP contribution in [-0.2, 0) is 10.0 Å². The van der Waals surface area contributed by atoms with E-state index >= 15 is 0 Å². The Hall–Kier alpha value is -4.17. The van der Waals surface area contributed by atoms with Gasteiger partial charge in [0.25, 0.3) is 15.9 Å². The molecule has 0 fully saturated rings. The van der Waals surface area contributed by atoms with Crippen molar-refractivity contribution in [2.24, 2.45) is 0 Å². The molecule has 0 radical (unpaired) electrons. The maximum Gasteiger partial charge on any atom is 0.323 e. The van der Waals surface area contributed by atoms with Gasteiger partial charge in [-0.05, 0) is 66.2 Å². The van der Waals surface area contributed by atoms with E-state index in [0.717, 1.165) is 16.3 Å². The van der Waals surface area contributed by atoms with Crippen molar-refractivity contribution in [2.45, 2.75) is 11.8 Å². The number of nitrogens with one attached hydrogen (secondary N) is 3. The minimum atomic E-state index is -3.98. The first-order valence-electron chi connectivity index (χ1n) is 10.1. The summed E-state index contributed by atoms with van der Waals surface area (Å²) in [4.78, 5) is 24.7. The summed E-state index contributed by atoms with van der Waals surface area (Å²) in [7, 11) is -3.98. The summed E-state index contributed by atoms with van der Waals surface area (Å²) in [6.07, 6.45) is 0. The maximum atomic E-state index is 12.4. The van der Waals surface area contributed by atoms with Crippen molar-refractivity contribution < 1.29 is 18.0 Å². The Kier molecular flexibility index (Phi) is 6.10. The van der Waals surface area contributed by atoms with E-state index in [1.165, 1.54) is 36.4 Å². The fourth-order valence-electron chi connectivity index (χ4n) is 3.22. The number of sulfonamides is 1. The molecule has 0 atom stereocenters. The predicted octanol–water partition coefficient (Wildman–Crippen LogP) is 4.91. The highest BCUT2D eigenvalue weighted by Gasteiger charge is 2.18. The number of carbonyl (C=O) groups is 2. The first-order valence-corrected chi connectivity index (χ1v) is 11.6. The summed E-state index contributed by atoms with van der Waals surface area (Å²) in [5.74, 6) is -0.761. The Morgan fingerprint density at radius 1 is 0.697 bits per heavy atom. The molecule has 166 valence electrons. The first-order chi connectivity index (χ1) is 15.8. The van der Waals surface area contributed by atoms with E-state index in [4.69, 9.17) is 0 Å². The number of fused-ring (bicyclic) bond motifs is 1. The highest BCUT2D eigenvalue weighted by molar-refractivity contribution is 7.90. The van der Waals surface area contributed by atoms with Gasteiger partial charge in [-0.25, -0.2) is 17.9 Å². The average molecular weight is 460 g/mol. The standard InChI is InChI=1S/C25H21N3O4S/c1-17-6-14-23(15-7-17)33(31,32)28-24(29)19-9-11-21(12-10-19)26-25(30)27-22-13-8-18-4-2-3-5-20(18)16-22/h2-16H,1H3,(H,28,29)(H2,26,27,30). The van der Waals surface area contributed by atoms with Crippen LogP contribution in [0.1, 0.15) is 15.9 Å². The molecule has 0 aliphatic rings. The molecule has 4 aromatic carbocycles. The van der Waals surface area contributed by atoms with Crippen molar-refractivity contribution in [3.05, 3.63) is 102 Å². The SMILES string of the molecule is Cc1ccc(S(=O)(=O)NC(=O)c2ccc(NC(=O)Nc3ccc4ccccc4c3)cc2)cc1. The van der Waals surface area contributed by atoms with Gasteiger partial charge >= 0.3 is 6.03 Å². The highest BCUT2D eigenvalue weighted by Crippen LogP contribution is 2.19. The molecular formula is C25H21N3O4S. The molecule has 3 amide bonds. The Morgan fingerprint density at radius 3 is 2.00 bits per heavy atom. The van der Waals surface area contributed by atoms with Crippen LogP contribution in [-0.4, -0.2) is 20.4 Å². The number of carbonyl (C=O) groups excluding carboxylic acids is 2. The number of rotatable bonds is 5. The lowest BCUT2D eigenvalue weighted by atomic mass is 10.1. The van der Waals surface area contributed by atoms with Crippen LogP contribution in [0.3, 0.4) is 0 Å². The van der Waals surface area contributed by atoms with E-state index in [2.05, 4.69) is 10.6 Å². The highest BCUT2D eigenvalue weighted by atomic mass is 32.2. The molecule has 0 heterocycles. The molecule has 0 aromatic heterocycles. The zero-order chi connectivity index (χ0) is 23.4. The van der Waals surface area contributed by atoms with Gasteiger partial charge in [0, 0.05) is 16.9 Å². The molecule has 0 saturated heterocycles. The molecule has 0 saturated carbocycles. The number of benzene rings is 4. The molecule has 3 N–H and O–H groups in total. The van der Waals surface area contributed by atoms with Crippen LogP contribution < -0.4 is 15.4 Å². The lowest BCUT2D eigenvalue weighted by Gasteiger charge is -2.10. The molecule has 0 aliphatic heterocycles. The summed E-state index contributed by atoms with van der Waals surface area (Å²) in [5.41, 5.74) is 2.15. The first kappa shape index (κ1) is 22.0. The third kappa shape index (κ3) is 5.36. The van der Waals surface area contributed by atoms with Gasteiger partial charge in [-0.2, -0.15) is 0 Å². The van der Waals surface area contributed by atoms with E-state index in [1.807, 2.05) is 54.1 Å². The van der Waals surface area contributed by atoms with Crippen LogP contribution in [0.15, 0.2) is 95.9 Å². The normalized spacial score (nSPS) is 11.1. The van der Waals surface area contributed by atoms with Crippen LogP contribution >= 0.6 is 0 Å². The zero-order valence-electron chi connectivity index (χ0n) is 17.7. The average Bonchev–Trinajstić information content (AvgIpc) is 2.79. The Bertz CT molecular complexity index is 1430. The molecule has 4 rings (SSSR count). The molecule has 8 heteroatoms. The molecule has 33 heavy (non-hydrogen) atoms. The predicted molar refractivity (Wildman–Crippen MR) is 129 cm³/mol. The van der Waals surface area contributed by atoms with Gasteiger partial charge in [-0.3, -0.25) is 4.79 Å². The Labute approximate surface area is 191 Å². The van der Waals surface area contributed by atoms with Gasteiger partial charge in [-0.15, -0.1) is 0 Å². The van der Waals surface area contributed by atoms with E-state index in [-0.39, 0.29) is 10.5 Å². The molecule has 0 spiro atoms. The maximum absolute atomic E-state index is 12.4. The lowest BCUT2D eigenvalue weighted by Crippen LogP contribution is -2.30. The van der Waals surface area contributed by atoms with Gasteiger partial charge in [0.15, 0.2) is 0 Å². The number of anilines is 2. The lowest BCUT2D eigenvalue weighted by molar-refractivity contribution is 0.0981. The minimum Gasteiger partial charge on any atom is -0.308 e. The van der Waals surface area contributed by atoms with Gasteiger partial charge in [0.2, 0.25) is 0 Å². The van der Waals surface area contributed by atoms with Crippen LogP contribution in [0, 0.1) is 6.92 Å². The van der Waals surface area contributed by atoms with Crippen molar-refractivity contribution in [1.29, 1.82) is 0 Å². The van der Waals surface area contributed by atoms with Crippen LogP contribution in [0.25, 0.3) is 10.8 Å². The van der Waals surface area contributed by atoms with Crippen molar-refractivity contribution in [3.63, 3.8) is 0 Å².